The van der Waals surface area contributed by atoms with Crippen LogP contribution in [-0.4, -0.2) is 9.55 Å². The van der Waals surface area contributed by atoms with Gasteiger partial charge in [-0.2, -0.15) is 0 Å². The third-order valence-electron chi connectivity index (χ3n) is 2.34. The Hall–Kier alpha value is -1.26. The average molecular weight is 274 g/mol. The van der Waals surface area contributed by atoms with Crippen molar-refractivity contribution < 1.29 is 4.39 Å². The minimum Gasteiger partial charge on any atom is -0.378 e. The minimum atomic E-state index is -0.377. The van der Waals surface area contributed by atoms with Crippen LogP contribution in [-0.2, 0) is 13.6 Å². The molecular formula is C11H10Cl2FN3. The Kier molecular flexibility index (Phi) is 3.54. The lowest BCUT2D eigenvalue weighted by molar-refractivity contribution is 0.628. The first kappa shape index (κ1) is 12.2. The van der Waals surface area contributed by atoms with E-state index in [1.54, 1.807) is 16.8 Å². The molecule has 1 aromatic heterocycles. The second kappa shape index (κ2) is 4.94. The second-order valence-corrected chi connectivity index (χ2v) is 4.39. The van der Waals surface area contributed by atoms with Gasteiger partial charge in [-0.05, 0) is 18.2 Å². The zero-order chi connectivity index (χ0) is 12.4. The lowest BCUT2D eigenvalue weighted by Crippen LogP contribution is -2.06. The molecule has 0 saturated carbocycles. The van der Waals surface area contributed by atoms with Crippen molar-refractivity contribution in [2.45, 2.75) is 6.54 Å². The number of aromatic nitrogens is 2. The van der Waals surface area contributed by atoms with Gasteiger partial charge in [-0.25, -0.2) is 9.37 Å². The number of imidazole rings is 1. The molecule has 2 rings (SSSR count). The van der Waals surface area contributed by atoms with Crippen molar-refractivity contribution in [3.8, 4) is 0 Å². The maximum atomic E-state index is 13.1. The summed E-state index contributed by atoms with van der Waals surface area (Å²) >= 11 is 11.6. The van der Waals surface area contributed by atoms with Crippen LogP contribution in [0.4, 0.5) is 10.1 Å². The normalized spacial score (nSPS) is 10.6. The molecule has 1 aromatic carbocycles. The fraction of sp³-hybridized carbons (Fsp3) is 0.182. The molecular weight excluding hydrogens is 264 g/mol. The monoisotopic (exact) mass is 273 g/mol. The first-order valence-electron chi connectivity index (χ1n) is 4.92. The van der Waals surface area contributed by atoms with Crippen LogP contribution in [0.2, 0.25) is 10.2 Å². The molecule has 0 amide bonds. The summed E-state index contributed by atoms with van der Waals surface area (Å²) in [6.07, 6.45) is 1.57. The van der Waals surface area contributed by atoms with Crippen molar-refractivity contribution >= 4 is 28.9 Å². The summed E-state index contributed by atoms with van der Waals surface area (Å²) in [5.74, 6) is 0.383. The van der Waals surface area contributed by atoms with Gasteiger partial charge in [0.25, 0.3) is 0 Å². The molecule has 0 spiro atoms. The highest BCUT2D eigenvalue weighted by atomic mass is 35.5. The Morgan fingerprint density at radius 3 is 2.71 bits per heavy atom. The summed E-state index contributed by atoms with van der Waals surface area (Å²) in [5, 5.41) is 3.94. The molecule has 0 unspecified atom stereocenters. The lowest BCUT2D eigenvalue weighted by atomic mass is 10.3. The van der Waals surface area contributed by atoms with Gasteiger partial charge >= 0.3 is 0 Å². The highest BCUT2D eigenvalue weighted by molar-refractivity contribution is 6.30. The quantitative estimate of drug-likeness (QED) is 0.928. The molecule has 0 atom stereocenters. The summed E-state index contributed by atoms with van der Waals surface area (Å²) in [7, 11) is 1.81. The predicted octanol–water partition coefficient (Wildman–Crippen LogP) is 3.48. The van der Waals surface area contributed by atoms with Crippen LogP contribution in [0.25, 0.3) is 0 Å². The van der Waals surface area contributed by atoms with Gasteiger partial charge in [0.15, 0.2) is 0 Å². The molecule has 0 fully saturated rings. The SMILES string of the molecule is Cn1c(Cl)cnc1CNc1cc(F)cc(Cl)c1. The first-order chi connectivity index (χ1) is 8.06. The van der Waals surface area contributed by atoms with Crippen LogP contribution in [0.5, 0.6) is 0 Å². The maximum absolute atomic E-state index is 13.1. The molecule has 1 heterocycles. The van der Waals surface area contributed by atoms with Gasteiger partial charge in [0.05, 0.1) is 12.7 Å². The maximum Gasteiger partial charge on any atom is 0.128 e. The molecule has 0 aliphatic heterocycles. The van der Waals surface area contributed by atoms with Crippen LogP contribution in [0.15, 0.2) is 24.4 Å². The molecule has 2 aromatic rings. The summed E-state index contributed by atoms with van der Waals surface area (Å²) in [6.45, 7) is 0.447. The van der Waals surface area contributed by atoms with Gasteiger partial charge in [-0.3, -0.25) is 0 Å². The molecule has 0 radical (unpaired) electrons. The van der Waals surface area contributed by atoms with E-state index in [0.29, 0.717) is 22.4 Å². The highest BCUT2D eigenvalue weighted by Crippen LogP contribution is 2.19. The second-order valence-electron chi connectivity index (χ2n) is 3.57. The van der Waals surface area contributed by atoms with Crippen LogP contribution in [0.3, 0.4) is 0 Å². The highest BCUT2D eigenvalue weighted by Gasteiger charge is 2.04. The zero-order valence-corrected chi connectivity index (χ0v) is 10.6. The fourth-order valence-corrected chi connectivity index (χ4v) is 1.79. The van der Waals surface area contributed by atoms with E-state index in [0.717, 1.165) is 5.82 Å². The van der Waals surface area contributed by atoms with Gasteiger partial charge in [0.1, 0.15) is 16.8 Å². The zero-order valence-electron chi connectivity index (χ0n) is 9.04. The summed E-state index contributed by atoms with van der Waals surface area (Å²) in [4.78, 5) is 4.12. The van der Waals surface area contributed by atoms with E-state index >= 15 is 0 Å². The van der Waals surface area contributed by atoms with Crippen molar-refractivity contribution in [1.82, 2.24) is 9.55 Å². The van der Waals surface area contributed by atoms with Crippen LogP contribution < -0.4 is 5.32 Å². The fourth-order valence-electron chi connectivity index (χ4n) is 1.43. The number of nitrogens with one attached hydrogen (secondary N) is 1. The number of rotatable bonds is 3. The van der Waals surface area contributed by atoms with Crippen molar-refractivity contribution in [2.75, 3.05) is 5.32 Å². The Morgan fingerprint density at radius 2 is 2.12 bits per heavy atom. The van der Waals surface area contributed by atoms with Crippen LogP contribution >= 0.6 is 23.2 Å². The van der Waals surface area contributed by atoms with E-state index in [4.69, 9.17) is 23.2 Å². The number of halogens is 3. The lowest BCUT2D eigenvalue weighted by Gasteiger charge is -2.07. The third-order valence-corrected chi connectivity index (χ3v) is 2.91. The van der Waals surface area contributed by atoms with Gasteiger partial charge in [-0.1, -0.05) is 23.2 Å². The average Bonchev–Trinajstić information content (AvgIpc) is 2.56. The number of benzene rings is 1. The number of hydrogen-bond donors (Lipinski definition) is 1. The van der Waals surface area contributed by atoms with E-state index in [-0.39, 0.29) is 5.82 Å². The van der Waals surface area contributed by atoms with Crippen molar-refractivity contribution in [1.29, 1.82) is 0 Å². The van der Waals surface area contributed by atoms with Crippen molar-refractivity contribution in [2.24, 2.45) is 7.05 Å². The first-order valence-corrected chi connectivity index (χ1v) is 5.68. The molecule has 0 saturated heterocycles. The van der Waals surface area contributed by atoms with Crippen molar-refractivity contribution in [3.63, 3.8) is 0 Å². The largest absolute Gasteiger partial charge is 0.378 e. The minimum absolute atomic E-state index is 0.352. The summed E-state index contributed by atoms with van der Waals surface area (Å²) in [5.41, 5.74) is 0.606. The van der Waals surface area contributed by atoms with E-state index in [2.05, 4.69) is 10.3 Å². The van der Waals surface area contributed by atoms with E-state index < -0.39 is 0 Å². The van der Waals surface area contributed by atoms with Gasteiger partial charge < -0.3 is 9.88 Å². The summed E-state index contributed by atoms with van der Waals surface area (Å²) < 4.78 is 14.8. The van der Waals surface area contributed by atoms with Gasteiger partial charge in [0.2, 0.25) is 0 Å². The van der Waals surface area contributed by atoms with E-state index in [1.165, 1.54) is 12.1 Å². The van der Waals surface area contributed by atoms with Gasteiger partial charge in [-0.15, -0.1) is 0 Å². The number of nitrogens with zero attached hydrogens (tertiary/aromatic N) is 2. The van der Waals surface area contributed by atoms with Crippen LogP contribution in [0, 0.1) is 5.82 Å². The Labute approximate surface area is 108 Å². The molecule has 0 aliphatic carbocycles. The Balaban J connectivity index is 2.09. The predicted molar refractivity (Wildman–Crippen MR) is 67.0 cm³/mol. The molecule has 6 heteroatoms. The van der Waals surface area contributed by atoms with E-state index in [9.17, 15) is 4.39 Å². The standard InChI is InChI=1S/C11H10Cl2FN3/c1-17-10(13)5-16-11(17)6-15-9-3-7(12)2-8(14)4-9/h2-5,15H,6H2,1H3. The molecule has 90 valence electrons. The number of anilines is 1. The Morgan fingerprint density at radius 1 is 1.35 bits per heavy atom. The van der Waals surface area contributed by atoms with E-state index in [1.807, 2.05) is 7.05 Å². The summed E-state index contributed by atoms with van der Waals surface area (Å²) in [6, 6.07) is 4.27. The molecule has 17 heavy (non-hydrogen) atoms. The third kappa shape index (κ3) is 2.90. The van der Waals surface area contributed by atoms with Gasteiger partial charge in [0, 0.05) is 17.8 Å². The molecule has 0 aliphatic rings. The van der Waals surface area contributed by atoms with Crippen LogP contribution in [0.1, 0.15) is 5.82 Å². The smallest absolute Gasteiger partial charge is 0.128 e. The molecule has 3 nitrogen and oxygen atoms in total. The van der Waals surface area contributed by atoms with Crippen molar-refractivity contribution in [3.05, 3.63) is 46.2 Å². The topological polar surface area (TPSA) is 29.9 Å². The number of hydrogen-bond acceptors (Lipinski definition) is 2. The molecule has 1 N–H and O–H groups in total. The molecule has 0 bridgehead atoms. The Bertz CT molecular complexity index is 519.